The minimum absolute atomic E-state index is 0.0123. The quantitative estimate of drug-likeness (QED) is 0.702. The number of carbonyl (C=O) groups excluding carboxylic acids is 1. The highest BCUT2D eigenvalue weighted by Crippen LogP contribution is 2.44. The molecule has 1 amide bonds. The van der Waals surface area contributed by atoms with Crippen LogP contribution >= 0.6 is 0 Å². The van der Waals surface area contributed by atoms with Gasteiger partial charge in [0.1, 0.15) is 24.8 Å². The summed E-state index contributed by atoms with van der Waals surface area (Å²) in [6.45, 7) is 0.678. The van der Waals surface area contributed by atoms with Crippen molar-refractivity contribution in [3.63, 3.8) is 0 Å². The zero-order valence-electron chi connectivity index (χ0n) is 16.1. The van der Waals surface area contributed by atoms with Crippen LogP contribution in [0.1, 0.15) is 23.5 Å². The molecule has 0 spiro atoms. The van der Waals surface area contributed by atoms with Crippen molar-refractivity contribution < 1.29 is 19.4 Å². The lowest BCUT2D eigenvalue weighted by Gasteiger charge is -2.48. The average molecular weight is 404 g/mol. The van der Waals surface area contributed by atoms with Crippen molar-refractivity contribution in [2.24, 2.45) is 0 Å². The van der Waals surface area contributed by atoms with Crippen molar-refractivity contribution in [2.45, 2.75) is 17.9 Å². The van der Waals surface area contributed by atoms with E-state index in [4.69, 9.17) is 4.74 Å². The van der Waals surface area contributed by atoms with Crippen LogP contribution in [0.25, 0.3) is 11.1 Å². The molecular weight excluding hydrogens is 384 g/mol. The first kappa shape index (κ1) is 18.4. The maximum atomic E-state index is 12.7. The number of ether oxygens (including phenoxy) is 1. The SMILES string of the molecule is O=C(O)CC1(n2cncn2)CN(C(=O)OCC2c3ccccc3-c3ccccc32)C1. The molecule has 30 heavy (non-hydrogen) atoms. The topological polar surface area (TPSA) is 97.5 Å². The van der Waals surface area contributed by atoms with Gasteiger partial charge < -0.3 is 14.7 Å². The number of nitrogens with zero attached hydrogens (tertiary/aromatic N) is 4. The highest BCUT2D eigenvalue weighted by Gasteiger charge is 2.50. The number of hydrogen-bond acceptors (Lipinski definition) is 5. The van der Waals surface area contributed by atoms with Crippen molar-refractivity contribution in [2.75, 3.05) is 19.7 Å². The summed E-state index contributed by atoms with van der Waals surface area (Å²) >= 11 is 0. The second-order valence-corrected chi connectivity index (χ2v) is 7.79. The Bertz CT molecular complexity index is 1060. The van der Waals surface area contributed by atoms with Gasteiger partial charge in [0, 0.05) is 5.92 Å². The molecule has 3 aromatic rings. The second-order valence-electron chi connectivity index (χ2n) is 7.79. The summed E-state index contributed by atoms with van der Waals surface area (Å²) in [5.41, 5.74) is 3.86. The summed E-state index contributed by atoms with van der Waals surface area (Å²) in [5.74, 6) is -0.959. The third kappa shape index (κ3) is 2.92. The maximum absolute atomic E-state index is 12.7. The van der Waals surface area contributed by atoms with Crippen LogP contribution in [-0.2, 0) is 15.1 Å². The van der Waals surface area contributed by atoms with Gasteiger partial charge >= 0.3 is 12.1 Å². The van der Waals surface area contributed by atoms with Gasteiger partial charge in [0.25, 0.3) is 0 Å². The molecule has 2 heterocycles. The molecule has 1 aromatic heterocycles. The number of carboxylic acids is 1. The van der Waals surface area contributed by atoms with Crippen LogP contribution in [0.3, 0.4) is 0 Å². The van der Waals surface area contributed by atoms with E-state index in [0.717, 1.165) is 11.1 Å². The van der Waals surface area contributed by atoms with E-state index < -0.39 is 17.6 Å². The number of benzene rings is 2. The summed E-state index contributed by atoms with van der Waals surface area (Å²) in [6, 6.07) is 16.3. The van der Waals surface area contributed by atoms with Crippen molar-refractivity contribution in [3.8, 4) is 11.1 Å². The number of aliphatic carboxylic acids is 1. The van der Waals surface area contributed by atoms with Crippen LogP contribution in [0, 0.1) is 0 Å². The largest absolute Gasteiger partial charge is 0.481 e. The lowest BCUT2D eigenvalue weighted by atomic mass is 9.87. The van der Waals surface area contributed by atoms with E-state index in [1.165, 1.54) is 33.4 Å². The van der Waals surface area contributed by atoms with Crippen LogP contribution in [-0.4, -0.2) is 56.5 Å². The molecule has 1 aliphatic carbocycles. The molecule has 5 rings (SSSR count). The number of carbonyl (C=O) groups is 2. The zero-order chi connectivity index (χ0) is 20.7. The van der Waals surface area contributed by atoms with E-state index in [9.17, 15) is 14.7 Å². The van der Waals surface area contributed by atoms with Crippen molar-refractivity contribution in [1.29, 1.82) is 0 Å². The van der Waals surface area contributed by atoms with Gasteiger partial charge in [0.15, 0.2) is 0 Å². The zero-order valence-corrected chi connectivity index (χ0v) is 16.1. The highest BCUT2D eigenvalue weighted by molar-refractivity contribution is 5.79. The molecule has 8 nitrogen and oxygen atoms in total. The van der Waals surface area contributed by atoms with Crippen molar-refractivity contribution in [3.05, 3.63) is 72.3 Å². The third-order valence-electron chi connectivity index (χ3n) is 5.95. The number of hydrogen-bond donors (Lipinski definition) is 1. The Kier molecular flexibility index (Phi) is 4.27. The summed E-state index contributed by atoms with van der Waals surface area (Å²) < 4.78 is 7.18. The first-order valence-corrected chi connectivity index (χ1v) is 9.74. The molecule has 8 heteroatoms. The Morgan fingerprint density at radius 3 is 2.27 bits per heavy atom. The van der Waals surface area contributed by atoms with E-state index in [2.05, 4.69) is 34.3 Å². The van der Waals surface area contributed by atoms with Crippen LogP contribution in [0.4, 0.5) is 4.79 Å². The molecule has 0 unspecified atom stereocenters. The number of aromatic nitrogens is 3. The molecule has 1 aliphatic heterocycles. The minimum Gasteiger partial charge on any atom is -0.481 e. The van der Waals surface area contributed by atoms with E-state index in [-0.39, 0.29) is 32.0 Å². The second kappa shape index (κ2) is 6.98. The lowest BCUT2D eigenvalue weighted by Crippen LogP contribution is -2.65. The van der Waals surface area contributed by atoms with E-state index in [0.29, 0.717) is 0 Å². The van der Waals surface area contributed by atoms with Crippen molar-refractivity contribution in [1.82, 2.24) is 19.7 Å². The molecule has 0 bridgehead atoms. The number of likely N-dealkylation sites (tertiary alicyclic amines) is 1. The fraction of sp³-hybridized carbons (Fsp3) is 0.273. The Hall–Kier alpha value is -3.68. The fourth-order valence-corrected chi connectivity index (χ4v) is 4.55. The normalized spacial score (nSPS) is 16.5. The minimum atomic E-state index is -0.947. The summed E-state index contributed by atoms with van der Waals surface area (Å²) in [4.78, 5) is 29.4. The van der Waals surface area contributed by atoms with Gasteiger partial charge in [0.2, 0.25) is 0 Å². The molecule has 0 radical (unpaired) electrons. The van der Waals surface area contributed by atoms with Gasteiger partial charge in [-0.3, -0.25) is 4.79 Å². The van der Waals surface area contributed by atoms with Gasteiger partial charge in [-0.2, -0.15) is 5.10 Å². The van der Waals surface area contributed by atoms with Crippen molar-refractivity contribution >= 4 is 12.1 Å². The molecule has 2 aromatic carbocycles. The van der Waals surface area contributed by atoms with E-state index in [1.807, 2.05) is 24.3 Å². The molecule has 1 N–H and O–H groups in total. The smallest absolute Gasteiger partial charge is 0.409 e. The van der Waals surface area contributed by atoms with E-state index in [1.54, 1.807) is 0 Å². The number of rotatable bonds is 5. The third-order valence-corrected chi connectivity index (χ3v) is 5.95. The van der Waals surface area contributed by atoms with Gasteiger partial charge in [-0.15, -0.1) is 0 Å². The Morgan fingerprint density at radius 1 is 1.07 bits per heavy atom. The van der Waals surface area contributed by atoms with Gasteiger partial charge in [-0.05, 0) is 22.3 Å². The average Bonchev–Trinajstić information content (AvgIpc) is 3.35. The number of amides is 1. The van der Waals surface area contributed by atoms with Crippen LogP contribution in [0.15, 0.2) is 61.2 Å². The molecule has 1 fully saturated rings. The predicted octanol–water partition coefficient (Wildman–Crippen LogP) is 2.71. The molecule has 0 saturated carbocycles. The lowest BCUT2D eigenvalue weighted by molar-refractivity contribution is -0.142. The number of carboxylic acid groups (broad SMARTS) is 1. The van der Waals surface area contributed by atoms with Gasteiger partial charge in [-0.25, -0.2) is 14.5 Å². The van der Waals surface area contributed by atoms with Crippen LogP contribution < -0.4 is 0 Å². The molecule has 1 saturated heterocycles. The monoisotopic (exact) mass is 404 g/mol. The van der Waals surface area contributed by atoms with E-state index >= 15 is 0 Å². The molecule has 0 atom stereocenters. The first-order chi connectivity index (χ1) is 14.6. The Labute approximate surface area is 172 Å². The predicted molar refractivity (Wildman–Crippen MR) is 107 cm³/mol. The van der Waals surface area contributed by atoms with Gasteiger partial charge in [0.05, 0.1) is 19.5 Å². The number of fused-ring (bicyclic) bond motifs is 3. The van der Waals surface area contributed by atoms with Crippen LogP contribution in [0.2, 0.25) is 0 Å². The highest BCUT2D eigenvalue weighted by atomic mass is 16.6. The summed E-state index contributed by atoms with van der Waals surface area (Å²) in [6.07, 6.45) is 2.26. The summed E-state index contributed by atoms with van der Waals surface area (Å²) in [7, 11) is 0. The van der Waals surface area contributed by atoms with Crippen LogP contribution in [0.5, 0.6) is 0 Å². The Morgan fingerprint density at radius 2 is 1.70 bits per heavy atom. The first-order valence-electron chi connectivity index (χ1n) is 9.74. The Balaban J connectivity index is 1.28. The fourth-order valence-electron chi connectivity index (χ4n) is 4.55. The molecule has 2 aliphatic rings. The molecular formula is C22H20N4O4. The summed E-state index contributed by atoms with van der Waals surface area (Å²) in [5, 5.41) is 13.4. The maximum Gasteiger partial charge on any atom is 0.409 e. The standard InChI is InChI=1S/C22H20N4O4/c27-20(28)9-22(26-14-23-13-24-26)11-25(12-22)21(29)30-10-19-17-7-3-1-5-15(17)16-6-2-4-8-18(16)19/h1-8,13-14,19H,9-12H2,(H,27,28). The molecule has 152 valence electrons. The van der Waals surface area contributed by atoms with Gasteiger partial charge in [-0.1, -0.05) is 48.5 Å².